The van der Waals surface area contributed by atoms with E-state index in [9.17, 15) is 10.2 Å². The summed E-state index contributed by atoms with van der Waals surface area (Å²) in [6.07, 6.45) is 3.78. The van der Waals surface area contributed by atoms with E-state index in [-0.39, 0.29) is 18.6 Å². The first-order valence-electron chi connectivity index (χ1n) is 8.87. The maximum Gasteiger partial charge on any atom is 0.200 e. The Morgan fingerprint density at radius 1 is 0.913 bits per heavy atom. The zero-order chi connectivity index (χ0) is 18.2. The molecule has 0 aliphatic carbocycles. The third-order valence-electron chi connectivity index (χ3n) is 5.05. The first kappa shape index (κ1) is 22.6. The van der Waals surface area contributed by atoms with Gasteiger partial charge in [-0.25, -0.2) is 0 Å². The second-order valence-electron chi connectivity index (χ2n) is 7.44. The molecule has 0 saturated heterocycles. The first-order valence-corrected chi connectivity index (χ1v) is 11.0. The molecule has 0 unspecified atom stereocenters. The van der Waals surface area contributed by atoms with Crippen LogP contribution in [0.3, 0.4) is 0 Å². The molecule has 0 saturated carbocycles. The van der Waals surface area contributed by atoms with Crippen molar-refractivity contribution in [2.24, 2.45) is 5.92 Å². The lowest BCUT2D eigenvalue weighted by molar-refractivity contribution is -0.00922. The lowest BCUT2D eigenvalue weighted by Crippen LogP contribution is -2.53. The predicted octanol–water partition coefficient (Wildman–Crippen LogP) is 4.67. The van der Waals surface area contributed by atoms with Crippen LogP contribution in [-0.2, 0) is 4.43 Å². The molecule has 4 heteroatoms. The number of hydrogen-bond donors (Lipinski definition) is 2. The fourth-order valence-electron chi connectivity index (χ4n) is 3.98. The highest BCUT2D eigenvalue weighted by Gasteiger charge is 2.47. The summed E-state index contributed by atoms with van der Waals surface area (Å²) in [5, 5.41) is 20.2. The molecular formula is C19H38O3Si. The van der Waals surface area contributed by atoms with Gasteiger partial charge in [0.25, 0.3) is 0 Å². The topological polar surface area (TPSA) is 49.7 Å². The fourth-order valence-corrected chi connectivity index (χ4v) is 9.59. The van der Waals surface area contributed by atoms with Crippen molar-refractivity contribution in [3.8, 4) is 0 Å². The fraction of sp³-hybridized carbons (Fsp3) is 0.789. The number of aliphatic hydroxyl groups excluding tert-OH is 2. The molecule has 0 aliphatic rings. The van der Waals surface area contributed by atoms with Crippen LogP contribution in [0.4, 0.5) is 0 Å². The third-order valence-corrected chi connectivity index (χ3v) is 11.2. The Labute approximate surface area is 144 Å². The van der Waals surface area contributed by atoms with E-state index in [0.29, 0.717) is 29.5 Å². The smallest absolute Gasteiger partial charge is 0.200 e. The maximum atomic E-state index is 10.4. The van der Waals surface area contributed by atoms with Gasteiger partial charge in [-0.2, -0.15) is 0 Å². The van der Waals surface area contributed by atoms with Crippen LogP contribution >= 0.6 is 0 Å². The molecule has 0 amide bonds. The SMILES string of the molecule is C=CC[C@H](O[Si](C(C)C)(C(C)C)C(C)C)[C@@H](CO)[C@@H](O)CC=C. The van der Waals surface area contributed by atoms with Crippen LogP contribution in [0.1, 0.15) is 54.4 Å². The van der Waals surface area contributed by atoms with Gasteiger partial charge in [0.05, 0.1) is 18.8 Å². The van der Waals surface area contributed by atoms with Crippen molar-refractivity contribution >= 4 is 8.32 Å². The quantitative estimate of drug-likeness (QED) is 0.400. The molecule has 0 aromatic carbocycles. The van der Waals surface area contributed by atoms with Crippen LogP contribution in [0.5, 0.6) is 0 Å². The molecule has 3 atom stereocenters. The molecule has 0 aliphatic heterocycles. The molecule has 0 bridgehead atoms. The van der Waals surface area contributed by atoms with E-state index in [1.54, 1.807) is 6.08 Å². The Hall–Kier alpha value is -0.423. The van der Waals surface area contributed by atoms with Gasteiger partial charge in [-0.15, -0.1) is 13.2 Å². The van der Waals surface area contributed by atoms with Crippen LogP contribution < -0.4 is 0 Å². The van der Waals surface area contributed by atoms with Gasteiger partial charge in [-0.1, -0.05) is 53.7 Å². The normalized spacial score (nSPS) is 16.7. The van der Waals surface area contributed by atoms with Gasteiger partial charge < -0.3 is 14.6 Å². The number of hydrogen-bond acceptors (Lipinski definition) is 3. The largest absolute Gasteiger partial charge is 0.412 e. The van der Waals surface area contributed by atoms with Crippen molar-refractivity contribution in [2.75, 3.05) is 6.61 Å². The van der Waals surface area contributed by atoms with Crippen molar-refractivity contribution in [2.45, 2.75) is 83.2 Å². The second-order valence-corrected chi connectivity index (χ2v) is 12.8. The molecule has 0 heterocycles. The molecule has 0 rings (SSSR count). The van der Waals surface area contributed by atoms with Crippen molar-refractivity contribution in [3.63, 3.8) is 0 Å². The van der Waals surface area contributed by atoms with Gasteiger partial charge in [0.15, 0.2) is 0 Å². The van der Waals surface area contributed by atoms with Gasteiger partial charge >= 0.3 is 0 Å². The molecular weight excluding hydrogens is 304 g/mol. The summed E-state index contributed by atoms with van der Waals surface area (Å²) in [6, 6.07) is 0. The van der Waals surface area contributed by atoms with Gasteiger partial charge in [0.2, 0.25) is 8.32 Å². The molecule has 0 aromatic rings. The molecule has 23 heavy (non-hydrogen) atoms. The Morgan fingerprint density at radius 2 is 1.35 bits per heavy atom. The monoisotopic (exact) mass is 342 g/mol. The van der Waals surface area contributed by atoms with E-state index < -0.39 is 14.4 Å². The molecule has 136 valence electrons. The second kappa shape index (κ2) is 10.4. The summed E-state index contributed by atoms with van der Waals surface area (Å²) in [4.78, 5) is 0. The van der Waals surface area contributed by atoms with Crippen molar-refractivity contribution in [1.82, 2.24) is 0 Å². The lowest BCUT2D eigenvalue weighted by atomic mass is 9.92. The van der Waals surface area contributed by atoms with Crippen molar-refractivity contribution in [1.29, 1.82) is 0 Å². The Morgan fingerprint density at radius 3 is 1.65 bits per heavy atom. The average molecular weight is 343 g/mol. The van der Waals surface area contributed by atoms with Gasteiger partial charge in [0.1, 0.15) is 0 Å². The summed E-state index contributed by atoms with van der Waals surface area (Å²) in [5.41, 5.74) is 1.39. The van der Waals surface area contributed by atoms with Crippen LogP contribution in [0, 0.1) is 5.92 Å². The van der Waals surface area contributed by atoms with E-state index in [1.807, 2.05) is 6.08 Å². The lowest BCUT2D eigenvalue weighted by Gasteiger charge is -2.46. The highest BCUT2D eigenvalue weighted by Crippen LogP contribution is 2.44. The molecule has 2 N–H and O–H groups in total. The molecule has 0 aromatic heterocycles. The molecule has 0 spiro atoms. The number of rotatable bonds is 12. The highest BCUT2D eigenvalue weighted by molar-refractivity contribution is 6.77. The third kappa shape index (κ3) is 5.56. The van der Waals surface area contributed by atoms with Crippen LogP contribution in [0.15, 0.2) is 25.3 Å². The minimum atomic E-state index is -2.07. The number of aliphatic hydroxyl groups is 2. The Bertz CT molecular complexity index is 331. The molecule has 0 radical (unpaired) electrons. The molecule has 3 nitrogen and oxygen atoms in total. The van der Waals surface area contributed by atoms with E-state index in [1.165, 1.54) is 0 Å². The predicted molar refractivity (Wildman–Crippen MR) is 102 cm³/mol. The van der Waals surface area contributed by atoms with Crippen molar-refractivity contribution < 1.29 is 14.6 Å². The summed E-state index contributed by atoms with van der Waals surface area (Å²) < 4.78 is 6.80. The first-order chi connectivity index (χ1) is 10.7. The highest BCUT2D eigenvalue weighted by atomic mass is 28.4. The van der Waals surface area contributed by atoms with Gasteiger partial charge in [-0.3, -0.25) is 0 Å². The average Bonchev–Trinajstić information content (AvgIpc) is 2.44. The maximum absolute atomic E-state index is 10.4. The van der Waals surface area contributed by atoms with Crippen LogP contribution in [-0.4, -0.2) is 37.3 Å². The van der Waals surface area contributed by atoms with E-state index in [0.717, 1.165) is 0 Å². The minimum absolute atomic E-state index is 0.0910. The van der Waals surface area contributed by atoms with Crippen LogP contribution in [0.2, 0.25) is 16.6 Å². The Balaban J connectivity index is 5.65. The zero-order valence-corrected chi connectivity index (χ0v) is 17.0. The molecule has 0 fully saturated rings. The summed E-state index contributed by atoms with van der Waals surface area (Å²) in [6.45, 7) is 20.9. The summed E-state index contributed by atoms with van der Waals surface area (Å²) in [5.74, 6) is -0.311. The van der Waals surface area contributed by atoms with Gasteiger partial charge in [0, 0.05) is 5.92 Å². The van der Waals surface area contributed by atoms with Gasteiger partial charge in [-0.05, 0) is 29.5 Å². The van der Waals surface area contributed by atoms with Crippen molar-refractivity contribution in [3.05, 3.63) is 25.3 Å². The summed E-state index contributed by atoms with van der Waals surface area (Å²) >= 11 is 0. The van der Waals surface area contributed by atoms with Crippen LogP contribution in [0.25, 0.3) is 0 Å². The van der Waals surface area contributed by atoms with E-state index in [4.69, 9.17) is 4.43 Å². The Kier molecular flexibility index (Phi) is 10.3. The minimum Gasteiger partial charge on any atom is -0.412 e. The van der Waals surface area contributed by atoms with E-state index in [2.05, 4.69) is 54.7 Å². The van der Waals surface area contributed by atoms with E-state index >= 15 is 0 Å². The standard InChI is InChI=1S/C19H38O3Si/c1-9-11-18(21)17(13-20)19(12-10-2)22-23(14(3)4,15(5)6)16(7)8/h9-10,14-21H,1-2,11-13H2,3-8H3/t17-,18-,19-/m0/s1. The zero-order valence-electron chi connectivity index (χ0n) is 16.0. The summed E-state index contributed by atoms with van der Waals surface area (Å²) in [7, 11) is -2.07.